The second-order valence-electron chi connectivity index (χ2n) is 7.97. The summed E-state index contributed by atoms with van der Waals surface area (Å²) < 4.78 is 7.89. The van der Waals surface area contributed by atoms with Gasteiger partial charge in [-0.15, -0.1) is 0 Å². The predicted molar refractivity (Wildman–Crippen MR) is 137 cm³/mol. The summed E-state index contributed by atoms with van der Waals surface area (Å²) in [6, 6.07) is 21.5. The van der Waals surface area contributed by atoms with Gasteiger partial charge in [-0.1, -0.05) is 59.6 Å². The van der Waals surface area contributed by atoms with E-state index in [-0.39, 0.29) is 12.5 Å². The Morgan fingerprint density at radius 3 is 2.60 bits per heavy atom. The number of nitrogens with one attached hydrogen (secondary N) is 2. The zero-order valence-electron chi connectivity index (χ0n) is 18.7. The molecule has 176 valence electrons. The number of allylic oxidation sites excluding steroid dienone is 1. The van der Waals surface area contributed by atoms with E-state index in [1.807, 2.05) is 55.5 Å². The van der Waals surface area contributed by atoms with Gasteiger partial charge in [0.15, 0.2) is 0 Å². The summed E-state index contributed by atoms with van der Waals surface area (Å²) in [6.45, 7) is 2.12. The second-order valence-corrected chi connectivity index (χ2v) is 8.82. The first-order chi connectivity index (χ1) is 17.0. The molecule has 0 saturated carbocycles. The molecule has 1 unspecified atom stereocenters. The Labute approximate surface area is 212 Å². The van der Waals surface area contributed by atoms with E-state index in [1.54, 1.807) is 28.9 Å². The average molecular weight is 506 g/mol. The van der Waals surface area contributed by atoms with Gasteiger partial charge in [-0.25, -0.2) is 4.68 Å². The molecule has 7 nitrogen and oxygen atoms in total. The zero-order valence-corrected chi connectivity index (χ0v) is 20.2. The summed E-state index contributed by atoms with van der Waals surface area (Å²) in [5.41, 5.74) is 3.43. The maximum Gasteiger partial charge on any atom is 0.255 e. The number of hydrogen-bond donors (Lipinski definition) is 2. The highest BCUT2D eigenvalue weighted by Gasteiger charge is 2.35. The van der Waals surface area contributed by atoms with Crippen molar-refractivity contribution in [1.29, 1.82) is 0 Å². The van der Waals surface area contributed by atoms with Crippen LogP contribution in [0.2, 0.25) is 10.0 Å². The highest BCUT2D eigenvalue weighted by atomic mass is 35.5. The molecule has 0 fully saturated rings. The molecule has 5 rings (SSSR count). The largest absolute Gasteiger partial charge is 0.488 e. The van der Waals surface area contributed by atoms with Crippen LogP contribution < -0.4 is 15.4 Å². The Kier molecular flexibility index (Phi) is 6.44. The molecule has 1 aromatic heterocycles. The quantitative estimate of drug-likeness (QED) is 0.331. The van der Waals surface area contributed by atoms with E-state index in [9.17, 15) is 4.79 Å². The molecule has 2 heterocycles. The molecular formula is C26H21Cl2N5O2. The van der Waals surface area contributed by atoms with Crippen molar-refractivity contribution in [3.63, 3.8) is 0 Å². The second kappa shape index (κ2) is 9.82. The van der Waals surface area contributed by atoms with Crippen molar-refractivity contribution in [1.82, 2.24) is 14.8 Å². The molecule has 0 saturated heterocycles. The van der Waals surface area contributed by atoms with Gasteiger partial charge in [-0.2, -0.15) is 10.1 Å². The number of para-hydroxylation sites is 1. The number of benzene rings is 3. The number of anilines is 2. The van der Waals surface area contributed by atoms with Crippen molar-refractivity contribution in [2.24, 2.45) is 0 Å². The van der Waals surface area contributed by atoms with Crippen molar-refractivity contribution in [3.05, 3.63) is 112 Å². The first-order valence-electron chi connectivity index (χ1n) is 10.9. The molecule has 1 atom stereocenters. The molecule has 1 amide bonds. The maximum atomic E-state index is 13.6. The number of carbonyl (C=O) groups is 1. The molecule has 35 heavy (non-hydrogen) atoms. The van der Waals surface area contributed by atoms with Crippen LogP contribution in [0.15, 0.2) is 90.4 Å². The third-order valence-electron chi connectivity index (χ3n) is 5.70. The molecule has 2 N–H and O–H groups in total. The smallest absolute Gasteiger partial charge is 0.255 e. The summed E-state index contributed by atoms with van der Waals surface area (Å²) >= 11 is 12.3. The molecule has 0 aliphatic carbocycles. The molecule has 0 bridgehead atoms. The number of hydrogen-bond acceptors (Lipinski definition) is 5. The van der Waals surface area contributed by atoms with Crippen LogP contribution >= 0.6 is 23.2 Å². The molecule has 1 aliphatic rings. The van der Waals surface area contributed by atoms with Crippen LogP contribution in [0.1, 0.15) is 24.1 Å². The first kappa shape index (κ1) is 23.0. The van der Waals surface area contributed by atoms with Crippen LogP contribution in [0.25, 0.3) is 0 Å². The van der Waals surface area contributed by atoms with E-state index < -0.39 is 6.04 Å². The number of rotatable bonds is 6. The standard InChI is InChI=1S/C26H21Cl2N5O2/c1-16-23(25(34)32-19-12-10-18(27)11-13-19)24(33-26(31-16)29-15-30-33)20-7-3-5-9-22(20)35-14-17-6-2-4-8-21(17)28/h2-13,15,24H,14H2,1H3,(H,32,34)(H,29,30,31). The Morgan fingerprint density at radius 1 is 1.06 bits per heavy atom. The lowest BCUT2D eigenvalue weighted by molar-refractivity contribution is -0.113. The van der Waals surface area contributed by atoms with Crippen LogP contribution in [0.3, 0.4) is 0 Å². The summed E-state index contributed by atoms with van der Waals surface area (Å²) in [7, 11) is 0. The minimum Gasteiger partial charge on any atom is -0.488 e. The van der Waals surface area contributed by atoms with Gasteiger partial charge in [0, 0.05) is 32.6 Å². The summed E-state index contributed by atoms with van der Waals surface area (Å²) in [6.07, 6.45) is 1.45. The van der Waals surface area contributed by atoms with Crippen LogP contribution in [0.5, 0.6) is 5.75 Å². The molecule has 9 heteroatoms. The van der Waals surface area contributed by atoms with Crippen molar-refractivity contribution < 1.29 is 9.53 Å². The highest BCUT2D eigenvalue weighted by molar-refractivity contribution is 6.31. The van der Waals surface area contributed by atoms with E-state index in [4.69, 9.17) is 27.9 Å². The van der Waals surface area contributed by atoms with E-state index in [1.165, 1.54) is 6.33 Å². The van der Waals surface area contributed by atoms with Crippen molar-refractivity contribution >= 4 is 40.7 Å². The van der Waals surface area contributed by atoms with Gasteiger partial charge in [-0.05, 0) is 43.3 Å². The van der Waals surface area contributed by atoms with Crippen molar-refractivity contribution in [2.45, 2.75) is 19.6 Å². The molecule has 1 aliphatic heterocycles. The lowest BCUT2D eigenvalue weighted by Gasteiger charge is -2.29. The Balaban J connectivity index is 1.52. The minimum absolute atomic E-state index is 0.274. The summed E-state index contributed by atoms with van der Waals surface area (Å²) in [5.74, 6) is 0.881. The average Bonchev–Trinajstić information content (AvgIpc) is 3.32. The van der Waals surface area contributed by atoms with Crippen molar-refractivity contribution in [2.75, 3.05) is 10.6 Å². The Morgan fingerprint density at radius 2 is 1.80 bits per heavy atom. The Hall–Kier alpha value is -3.81. The summed E-state index contributed by atoms with van der Waals surface area (Å²) in [4.78, 5) is 17.9. The van der Waals surface area contributed by atoms with Gasteiger partial charge in [0.1, 0.15) is 24.7 Å². The van der Waals surface area contributed by atoms with E-state index in [0.29, 0.717) is 38.7 Å². The number of fused-ring (bicyclic) bond motifs is 1. The number of amides is 1. The van der Waals surface area contributed by atoms with Gasteiger partial charge in [0.2, 0.25) is 5.95 Å². The maximum absolute atomic E-state index is 13.6. The van der Waals surface area contributed by atoms with E-state index in [2.05, 4.69) is 20.7 Å². The van der Waals surface area contributed by atoms with Gasteiger partial charge in [0.05, 0.1) is 5.57 Å². The predicted octanol–water partition coefficient (Wildman–Crippen LogP) is 6.09. The number of aromatic nitrogens is 3. The topological polar surface area (TPSA) is 81.1 Å². The van der Waals surface area contributed by atoms with Crippen molar-refractivity contribution in [3.8, 4) is 5.75 Å². The fourth-order valence-electron chi connectivity index (χ4n) is 4.01. The molecule has 4 aromatic rings. The summed E-state index contributed by atoms with van der Waals surface area (Å²) in [5, 5.41) is 11.8. The lowest BCUT2D eigenvalue weighted by Crippen LogP contribution is -2.31. The lowest BCUT2D eigenvalue weighted by atomic mass is 9.94. The van der Waals surface area contributed by atoms with Crippen LogP contribution in [-0.2, 0) is 11.4 Å². The number of nitrogens with zero attached hydrogens (tertiary/aromatic N) is 3. The third-order valence-corrected chi connectivity index (χ3v) is 6.32. The van der Waals surface area contributed by atoms with Crippen LogP contribution in [-0.4, -0.2) is 20.7 Å². The Bertz CT molecular complexity index is 1420. The van der Waals surface area contributed by atoms with Gasteiger partial charge >= 0.3 is 0 Å². The number of halogens is 2. The first-order valence-corrected chi connectivity index (χ1v) is 11.7. The number of ether oxygens (including phenoxy) is 1. The minimum atomic E-state index is -0.566. The van der Waals surface area contributed by atoms with E-state index in [0.717, 1.165) is 11.1 Å². The highest BCUT2D eigenvalue weighted by Crippen LogP contribution is 2.39. The monoisotopic (exact) mass is 505 g/mol. The van der Waals surface area contributed by atoms with Crippen LogP contribution in [0.4, 0.5) is 11.6 Å². The van der Waals surface area contributed by atoms with Gasteiger partial charge < -0.3 is 15.4 Å². The third kappa shape index (κ3) is 4.73. The normalized spacial score (nSPS) is 14.8. The fraction of sp³-hybridized carbons (Fsp3) is 0.115. The van der Waals surface area contributed by atoms with Gasteiger partial charge in [-0.3, -0.25) is 4.79 Å². The van der Waals surface area contributed by atoms with Gasteiger partial charge in [0.25, 0.3) is 5.91 Å². The van der Waals surface area contributed by atoms with E-state index >= 15 is 0 Å². The fourth-order valence-corrected chi connectivity index (χ4v) is 4.33. The SMILES string of the molecule is CC1=C(C(=O)Nc2ccc(Cl)cc2)C(c2ccccc2OCc2ccccc2Cl)n2ncnc2N1. The number of carbonyl (C=O) groups excluding carboxylic acids is 1. The zero-order chi connectivity index (χ0) is 24.4. The molecule has 0 radical (unpaired) electrons. The van der Waals surface area contributed by atoms with Crippen LogP contribution in [0, 0.1) is 0 Å². The molecule has 0 spiro atoms. The molecular weight excluding hydrogens is 485 g/mol. The molecule has 3 aromatic carbocycles.